The molecule has 0 spiro atoms. The third-order valence-corrected chi connectivity index (χ3v) is 3.87. The van der Waals surface area contributed by atoms with Crippen molar-refractivity contribution in [1.82, 2.24) is 0 Å². The van der Waals surface area contributed by atoms with Gasteiger partial charge >= 0.3 is 5.97 Å². The Morgan fingerprint density at radius 2 is 1.75 bits per heavy atom. The van der Waals surface area contributed by atoms with Gasteiger partial charge in [0.1, 0.15) is 5.75 Å². The zero-order chi connectivity index (χ0) is 14.2. The first-order chi connectivity index (χ1) is 9.78. The lowest BCUT2D eigenvalue weighted by Gasteiger charge is -2.17. The maximum atomic E-state index is 11.1. The number of aryl methyl sites for hydroxylation is 1. The van der Waals surface area contributed by atoms with E-state index < -0.39 is 0 Å². The van der Waals surface area contributed by atoms with Gasteiger partial charge in [-0.3, -0.25) is 4.79 Å². The monoisotopic (exact) mass is 276 g/mol. The molecule has 0 bridgehead atoms. The van der Waals surface area contributed by atoms with Crippen molar-refractivity contribution in [3.05, 3.63) is 29.8 Å². The molecular weight excluding hydrogens is 252 g/mol. The van der Waals surface area contributed by atoms with Crippen LogP contribution in [0.5, 0.6) is 5.75 Å². The fraction of sp³-hybridized carbons (Fsp3) is 0.588. The standard InChI is InChI=1S/C17H24O3/c1-19-17(18)13-10-14-8-11-16(12-9-14)20-15-6-4-2-3-5-7-15/h8-9,11-12,15H,2-7,10,13H2,1H3. The average Bonchev–Trinajstić information content (AvgIpc) is 2.75. The van der Waals surface area contributed by atoms with Crippen LogP contribution in [0.1, 0.15) is 50.5 Å². The number of methoxy groups -OCH3 is 1. The van der Waals surface area contributed by atoms with Gasteiger partial charge in [-0.1, -0.05) is 25.0 Å². The number of hydrogen-bond donors (Lipinski definition) is 0. The second kappa shape index (κ2) is 7.93. The number of esters is 1. The molecule has 0 aromatic heterocycles. The van der Waals surface area contributed by atoms with Crippen molar-refractivity contribution >= 4 is 5.97 Å². The van der Waals surface area contributed by atoms with E-state index in [9.17, 15) is 4.79 Å². The van der Waals surface area contributed by atoms with Gasteiger partial charge in [0.15, 0.2) is 0 Å². The van der Waals surface area contributed by atoms with Gasteiger partial charge in [0.25, 0.3) is 0 Å². The minimum Gasteiger partial charge on any atom is -0.490 e. The summed E-state index contributed by atoms with van der Waals surface area (Å²) >= 11 is 0. The Morgan fingerprint density at radius 3 is 2.35 bits per heavy atom. The number of carbonyl (C=O) groups excluding carboxylic acids is 1. The van der Waals surface area contributed by atoms with Crippen LogP contribution in [0.4, 0.5) is 0 Å². The third-order valence-electron chi connectivity index (χ3n) is 3.87. The van der Waals surface area contributed by atoms with Gasteiger partial charge in [0, 0.05) is 6.42 Å². The molecule has 1 fully saturated rings. The fourth-order valence-electron chi connectivity index (χ4n) is 2.64. The topological polar surface area (TPSA) is 35.5 Å². The Hall–Kier alpha value is -1.51. The molecule has 20 heavy (non-hydrogen) atoms. The second-order valence-corrected chi connectivity index (χ2v) is 5.45. The highest BCUT2D eigenvalue weighted by atomic mass is 16.5. The molecule has 0 atom stereocenters. The molecule has 0 unspecified atom stereocenters. The Bertz CT molecular complexity index is 403. The lowest BCUT2D eigenvalue weighted by molar-refractivity contribution is -0.140. The maximum absolute atomic E-state index is 11.1. The minimum atomic E-state index is -0.163. The van der Waals surface area contributed by atoms with E-state index in [0.717, 1.165) is 17.7 Å². The lowest BCUT2D eigenvalue weighted by atomic mass is 10.1. The number of rotatable bonds is 5. The molecule has 1 aliphatic carbocycles. The summed E-state index contributed by atoms with van der Waals surface area (Å²) in [5.74, 6) is 0.780. The molecule has 1 aromatic carbocycles. The van der Waals surface area contributed by atoms with Crippen LogP contribution in [0, 0.1) is 0 Å². The van der Waals surface area contributed by atoms with E-state index in [1.165, 1.54) is 45.6 Å². The van der Waals surface area contributed by atoms with Gasteiger partial charge < -0.3 is 9.47 Å². The highest BCUT2D eigenvalue weighted by Gasteiger charge is 2.13. The third kappa shape index (κ3) is 4.87. The average molecular weight is 276 g/mol. The van der Waals surface area contributed by atoms with Crippen molar-refractivity contribution in [1.29, 1.82) is 0 Å². The summed E-state index contributed by atoms with van der Waals surface area (Å²) < 4.78 is 10.7. The molecule has 3 heteroatoms. The second-order valence-electron chi connectivity index (χ2n) is 5.45. The van der Waals surface area contributed by atoms with Crippen molar-refractivity contribution in [2.75, 3.05) is 7.11 Å². The van der Waals surface area contributed by atoms with E-state index >= 15 is 0 Å². The van der Waals surface area contributed by atoms with E-state index in [1.807, 2.05) is 24.3 Å². The van der Waals surface area contributed by atoms with E-state index in [0.29, 0.717) is 12.5 Å². The molecule has 3 nitrogen and oxygen atoms in total. The molecule has 1 aliphatic rings. The van der Waals surface area contributed by atoms with E-state index in [-0.39, 0.29) is 5.97 Å². The Kier molecular flexibility index (Phi) is 5.90. The summed E-state index contributed by atoms with van der Waals surface area (Å²) in [5, 5.41) is 0. The predicted molar refractivity (Wildman–Crippen MR) is 78.9 cm³/mol. The molecule has 2 rings (SSSR count). The van der Waals surface area contributed by atoms with Crippen LogP contribution in [0.2, 0.25) is 0 Å². The van der Waals surface area contributed by atoms with Crippen LogP contribution < -0.4 is 4.74 Å². The first kappa shape index (κ1) is 14.9. The van der Waals surface area contributed by atoms with Crippen LogP contribution in [-0.4, -0.2) is 19.2 Å². The number of ether oxygens (including phenoxy) is 2. The van der Waals surface area contributed by atoms with Crippen molar-refractivity contribution in [3.63, 3.8) is 0 Å². The maximum Gasteiger partial charge on any atom is 0.305 e. The zero-order valence-corrected chi connectivity index (χ0v) is 12.3. The molecular formula is C17H24O3. The zero-order valence-electron chi connectivity index (χ0n) is 12.3. The molecule has 0 aliphatic heterocycles. The van der Waals surface area contributed by atoms with Gasteiger partial charge in [-0.25, -0.2) is 0 Å². The predicted octanol–water partition coefficient (Wildman–Crippen LogP) is 3.89. The molecule has 110 valence electrons. The van der Waals surface area contributed by atoms with Crippen molar-refractivity contribution in [2.24, 2.45) is 0 Å². The summed E-state index contributed by atoms with van der Waals surface area (Å²) in [6, 6.07) is 8.10. The first-order valence-corrected chi connectivity index (χ1v) is 7.60. The Labute approximate surface area is 121 Å². The quantitative estimate of drug-likeness (QED) is 0.604. The minimum absolute atomic E-state index is 0.163. The van der Waals surface area contributed by atoms with Crippen LogP contribution in [0.15, 0.2) is 24.3 Å². The highest BCUT2D eigenvalue weighted by molar-refractivity contribution is 5.69. The Balaban J connectivity index is 1.82. The van der Waals surface area contributed by atoms with Gasteiger partial charge in [0.05, 0.1) is 13.2 Å². The SMILES string of the molecule is COC(=O)CCc1ccc(OC2CCCCCC2)cc1. The highest BCUT2D eigenvalue weighted by Crippen LogP contribution is 2.23. The van der Waals surface area contributed by atoms with E-state index in [1.54, 1.807) is 0 Å². The van der Waals surface area contributed by atoms with Gasteiger partial charge in [-0.05, 0) is 49.8 Å². The summed E-state index contributed by atoms with van der Waals surface area (Å²) in [7, 11) is 1.42. The van der Waals surface area contributed by atoms with Crippen molar-refractivity contribution in [3.8, 4) is 5.75 Å². The molecule has 0 amide bonds. The molecule has 1 saturated carbocycles. The first-order valence-electron chi connectivity index (χ1n) is 7.60. The van der Waals surface area contributed by atoms with Crippen molar-refractivity contribution < 1.29 is 14.3 Å². The largest absolute Gasteiger partial charge is 0.490 e. The molecule has 0 heterocycles. The summed E-state index contributed by atoms with van der Waals surface area (Å²) in [5.41, 5.74) is 1.14. The van der Waals surface area contributed by atoms with Gasteiger partial charge in [0.2, 0.25) is 0 Å². The van der Waals surface area contributed by atoms with Crippen LogP contribution in [0.25, 0.3) is 0 Å². The smallest absolute Gasteiger partial charge is 0.305 e. The summed E-state index contributed by atoms with van der Waals surface area (Å²) in [6.45, 7) is 0. The van der Waals surface area contributed by atoms with E-state index in [4.69, 9.17) is 4.74 Å². The molecule has 1 aromatic rings. The van der Waals surface area contributed by atoms with Crippen LogP contribution >= 0.6 is 0 Å². The normalized spacial score (nSPS) is 16.4. The molecule has 0 N–H and O–H groups in total. The fourth-order valence-corrected chi connectivity index (χ4v) is 2.64. The van der Waals surface area contributed by atoms with E-state index in [2.05, 4.69) is 4.74 Å². The molecule has 0 radical (unpaired) electrons. The van der Waals surface area contributed by atoms with Crippen molar-refractivity contribution in [2.45, 2.75) is 57.5 Å². The van der Waals surface area contributed by atoms with Crippen LogP contribution in [-0.2, 0) is 16.0 Å². The Morgan fingerprint density at radius 1 is 1.10 bits per heavy atom. The van der Waals surface area contributed by atoms with Gasteiger partial charge in [-0.15, -0.1) is 0 Å². The summed E-state index contributed by atoms with van der Waals surface area (Å²) in [6.07, 6.45) is 9.10. The van der Waals surface area contributed by atoms with Crippen LogP contribution in [0.3, 0.4) is 0 Å². The number of carbonyl (C=O) groups is 1. The molecule has 0 saturated heterocycles. The van der Waals surface area contributed by atoms with Gasteiger partial charge in [-0.2, -0.15) is 0 Å². The number of benzene rings is 1. The lowest BCUT2D eigenvalue weighted by Crippen LogP contribution is -2.14. The summed E-state index contributed by atoms with van der Waals surface area (Å²) in [4.78, 5) is 11.1. The number of hydrogen-bond acceptors (Lipinski definition) is 3.